The maximum Gasteiger partial charge on any atom is 0.261 e. The van der Waals surface area contributed by atoms with Gasteiger partial charge in [-0.2, -0.15) is 5.10 Å². The van der Waals surface area contributed by atoms with Crippen LogP contribution in [0.1, 0.15) is 5.56 Å². The first kappa shape index (κ1) is 12.7. The van der Waals surface area contributed by atoms with E-state index in [2.05, 4.69) is 14.9 Å². The second kappa shape index (κ2) is 4.64. The van der Waals surface area contributed by atoms with Crippen molar-refractivity contribution in [1.29, 1.82) is 0 Å². The summed E-state index contributed by atoms with van der Waals surface area (Å²) in [4.78, 5) is 0.236. The molecule has 3 aromatic rings. The number of rotatable bonds is 3. The van der Waals surface area contributed by atoms with Gasteiger partial charge in [-0.3, -0.25) is 9.82 Å². The quantitative estimate of drug-likeness (QED) is 0.777. The van der Waals surface area contributed by atoms with Gasteiger partial charge in [0.15, 0.2) is 0 Å². The molecule has 0 radical (unpaired) electrons. The fourth-order valence-electron chi connectivity index (χ4n) is 1.98. The lowest BCUT2D eigenvalue weighted by atomic mass is 10.2. The number of nitrogens with zero attached hydrogens (tertiary/aromatic N) is 1. The zero-order valence-corrected chi connectivity index (χ0v) is 11.6. The number of benzene rings is 2. The number of fused-ring (bicyclic) bond motifs is 1. The van der Waals surface area contributed by atoms with Crippen LogP contribution in [-0.2, 0) is 10.0 Å². The van der Waals surface area contributed by atoms with Crippen LogP contribution in [0.5, 0.6) is 0 Å². The molecule has 0 fully saturated rings. The van der Waals surface area contributed by atoms with Crippen LogP contribution < -0.4 is 4.72 Å². The van der Waals surface area contributed by atoms with E-state index in [1.165, 1.54) is 0 Å². The van der Waals surface area contributed by atoms with E-state index in [9.17, 15) is 8.42 Å². The van der Waals surface area contributed by atoms with Gasteiger partial charge >= 0.3 is 0 Å². The zero-order valence-electron chi connectivity index (χ0n) is 10.8. The lowest BCUT2D eigenvalue weighted by Crippen LogP contribution is -2.13. The van der Waals surface area contributed by atoms with Crippen LogP contribution in [0.3, 0.4) is 0 Å². The Morgan fingerprint density at radius 3 is 2.60 bits per heavy atom. The Bertz CT molecular complexity index is 852. The number of hydrogen-bond donors (Lipinski definition) is 2. The van der Waals surface area contributed by atoms with E-state index in [0.29, 0.717) is 11.2 Å². The second-order valence-corrected chi connectivity index (χ2v) is 6.24. The number of sulfonamides is 1. The van der Waals surface area contributed by atoms with Crippen LogP contribution in [0.2, 0.25) is 0 Å². The van der Waals surface area contributed by atoms with E-state index in [1.807, 2.05) is 13.0 Å². The summed E-state index contributed by atoms with van der Waals surface area (Å²) in [5.41, 5.74) is 2.17. The highest BCUT2D eigenvalue weighted by Crippen LogP contribution is 2.23. The predicted octanol–water partition coefficient (Wildman–Crippen LogP) is 2.67. The smallest absolute Gasteiger partial charge is 0.261 e. The molecule has 3 rings (SSSR count). The van der Waals surface area contributed by atoms with Crippen molar-refractivity contribution in [3.8, 4) is 0 Å². The molecule has 2 N–H and O–H groups in total. The van der Waals surface area contributed by atoms with Crippen LogP contribution in [0, 0.1) is 6.92 Å². The summed E-state index contributed by atoms with van der Waals surface area (Å²) in [5, 5.41) is 7.57. The fraction of sp³-hybridized carbons (Fsp3) is 0.0714. The van der Waals surface area contributed by atoms with E-state index < -0.39 is 10.0 Å². The maximum atomic E-state index is 12.3. The molecule has 0 atom stereocenters. The summed E-state index contributed by atoms with van der Waals surface area (Å²) in [6.45, 7) is 1.91. The Labute approximate surface area is 116 Å². The summed E-state index contributed by atoms with van der Waals surface area (Å²) in [7, 11) is -3.60. The summed E-state index contributed by atoms with van der Waals surface area (Å²) >= 11 is 0. The molecule has 0 bridgehead atoms. The van der Waals surface area contributed by atoms with Gasteiger partial charge in [0, 0.05) is 5.39 Å². The van der Waals surface area contributed by atoms with Crippen molar-refractivity contribution in [3.63, 3.8) is 0 Å². The minimum atomic E-state index is -3.60. The molecule has 20 heavy (non-hydrogen) atoms. The average Bonchev–Trinajstić information content (AvgIpc) is 2.88. The SMILES string of the molecule is Cc1ccc(S(=O)(=O)Nc2cccc3cn[nH]c23)cc1. The van der Waals surface area contributed by atoms with Gasteiger partial charge < -0.3 is 0 Å². The molecule has 0 spiro atoms. The molecule has 102 valence electrons. The van der Waals surface area contributed by atoms with Crippen molar-refractivity contribution in [2.24, 2.45) is 0 Å². The molecular formula is C14H13N3O2S. The Kier molecular flexibility index (Phi) is 2.94. The van der Waals surface area contributed by atoms with Crippen LogP contribution in [0.4, 0.5) is 5.69 Å². The highest BCUT2D eigenvalue weighted by molar-refractivity contribution is 7.92. The van der Waals surface area contributed by atoms with Gasteiger partial charge in [0.2, 0.25) is 0 Å². The normalized spacial score (nSPS) is 11.7. The molecule has 0 aliphatic rings. The minimum Gasteiger partial charge on any atom is -0.277 e. The summed E-state index contributed by atoms with van der Waals surface area (Å²) in [6, 6.07) is 12.1. The van der Waals surface area contributed by atoms with Crippen molar-refractivity contribution < 1.29 is 8.42 Å². The lowest BCUT2D eigenvalue weighted by Gasteiger charge is -2.09. The number of anilines is 1. The molecule has 0 unspecified atom stereocenters. The van der Waals surface area contributed by atoms with Crippen molar-refractivity contribution >= 4 is 26.6 Å². The zero-order chi connectivity index (χ0) is 14.2. The standard InChI is InChI=1S/C14H13N3O2S/c1-10-5-7-12(8-6-10)20(18,19)17-13-4-2-3-11-9-15-16-14(11)13/h2-9,17H,1H3,(H,15,16). The molecular weight excluding hydrogens is 274 g/mol. The van der Waals surface area contributed by atoms with Crippen molar-refractivity contribution in [1.82, 2.24) is 10.2 Å². The molecule has 0 saturated carbocycles. The highest BCUT2D eigenvalue weighted by atomic mass is 32.2. The van der Waals surface area contributed by atoms with E-state index in [0.717, 1.165) is 10.9 Å². The third-order valence-electron chi connectivity index (χ3n) is 3.05. The van der Waals surface area contributed by atoms with Gasteiger partial charge in [-0.25, -0.2) is 8.42 Å². The van der Waals surface area contributed by atoms with Crippen molar-refractivity contribution in [2.75, 3.05) is 4.72 Å². The van der Waals surface area contributed by atoms with E-state index in [1.54, 1.807) is 42.6 Å². The van der Waals surface area contributed by atoms with Crippen LogP contribution in [-0.4, -0.2) is 18.6 Å². The Hall–Kier alpha value is -2.34. The molecule has 6 heteroatoms. The third kappa shape index (κ3) is 2.25. The molecule has 0 aliphatic heterocycles. The largest absolute Gasteiger partial charge is 0.277 e. The number of nitrogens with one attached hydrogen (secondary N) is 2. The number of H-pyrrole nitrogens is 1. The Morgan fingerprint density at radius 2 is 1.85 bits per heavy atom. The van der Waals surface area contributed by atoms with E-state index in [-0.39, 0.29) is 4.90 Å². The molecule has 0 aliphatic carbocycles. The Morgan fingerprint density at radius 1 is 1.10 bits per heavy atom. The summed E-state index contributed by atoms with van der Waals surface area (Å²) in [6.07, 6.45) is 1.65. The molecule has 1 heterocycles. The molecule has 1 aromatic heterocycles. The second-order valence-electron chi connectivity index (χ2n) is 4.56. The van der Waals surface area contributed by atoms with E-state index >= 15 is 0 Å². The predicted molar refractivity (Wildman–Crippen MR) is 78.1 cm³/mol. The lowest BCUT2D eigenvalue weighted by molar-refractivity contribution is 0.601. The van der Waals surface area contributed by atoms with Crippen molar-refractivity contribution in [3.05, 3.63) is 54.2 Å². The first-order chi connectivity index (χ1) is 9.56. The average molecular weight is 287 g/mol. The maximum absolute atomic E-state index is 12.3. The van der Waals surface area contributed by atoms with Crippen molar-refractivity contribution in [2.45, 2.75) is 11.8 Å². The Balaban J connectivity index is 2.01. The van der Waals surface area contributed by atoms with Gasteiger partial charge in [0.05, 0.1) is 22.3 Å². The third-order valence-corrected chi connectivity index (χ3v) is 4.43. The monoisotopic (exact) mass is 287 g/mol. The summed E-state index contributed by atoms with van der Waals surface area (Å²) in [5.74, 6) is 0. The number of aryl methyl sites for hydroxylation is 1. The van der Waals surface area contributed by atoms with Gasteiger partial charge in [0.25, 0.3) is 10.0 Å². The first-order valence-electron chi connectivity index (χ1n) is 6.08. The van der Waals surface area contributed by atoms with Gasteiger partial charge in [-0.05, 0) is 25.1 Å². The molecule has 0 saturated heterocycles. The number of aromatic nitrogens is 2. The van der Waals surface area contributed by atoms with E-state index in [4.69, 9.17) is 0 Å². The van der Waals surface area contributed by atoms with Gasteiger partial charge in [-0.15, -0.1) is 0 Å². The number of aromatic amines is 1. The molecule has 0 amide bonds. The van der Waals surface area contributed by atoms with Gasteiger partial charge in [0.1, 0.15) is 0 Å². The highest BCUT2D eigenvalue weighted by Gasteiger charge is 2.15. The number of para-hydroxylation sites is 1. The van der Waals surface area contributed by atoms with Crippen LogP contribution in [0.15, 0.2) is 53.6 Å². The topological polar surface area (TPSA) is 74.8 Å². The minimum absolute atomic E-state index is 0.236. The van der Waals surface area contributed by atoms with Crippen LogP contribution in [0.25, 0.3) is 10.9 Å². The summed E-state index contributed by atoms with van der Waals surface area (Å²) < 4.78 is 27.3. The fourth-order valence-corrected chi connectivity index (χ4v) is 3.05. The number of hydrogen-bond acceptors (Lipinski definition) is 3. The van der Waals surface area contributed by atoms with Crippen LogP contribution >= 0.6 is 0 Å². The molecule has 5 nitrogen and oxygen atoms in total. The first-order valence-corrected chi connectivity index (χ1v) is 7.56. The van der Waals surface area contributed by atoms with Gasteiger partial charge in [-0.1, -0.05) is 29.8 Å². The molecule has 2 aromatic carbocycles.